The number of likely N-dealkylation sites (N-methyl/N-ethyl adjacent to an activating group) is 2. The Morgan fingerprint density at radius 2 is 1.20 bits per heavy atom. The Morgan fingerprint density at radius 3 is 1.60 bits per heavy atom. The van der Waals surface area contributed by atoms with Gasteiger partial charge in [-0.05, 0) is 26.9 Å². The highest BCUT2D eigenvalue weighted by molar-refractivity contribution is 4.89. The van der Waals surface area contributed by atoms with E-state index < -0.39 is 0 Å². The average molecular weight is 214 g/mol. The summed E-state index contributed by atoms with van der Waals surface area (Å²) in [4.78, 5) is 5.07. The fourth-order valence-corrected chi connectivity index (χ4v) is 2.53. The van der Waals surface area contributed by atoms with Gasteiger partial charge in [0, 0.05) is 25.2 Å². The van der Waals surface area contributed by atoms with Crippen molar-refractivity contribution in [3.63, 3.8) is 0 Å². The molecule has 0 radical (unpaired) electrons. The van der Waals surface area contributed by atoms with E-state index in [1.165, 1.54) is 32.4 Å². The molecule has 0 saturated carbocycles. The Balaban J connectivity index is 0.000000442. The van der Waals surface area contributed by atoms with E-state index in [0.29, 0.717) is 0 Å². The largest absolute Gasteiger partial charge is 0.303 e. The van der Waals surface area contributed by atoms with Gasteiger partial charge in [-0.1, -0.05) is 34.1 Å². The average Bonchev–Trinajstić information content (AvgIpc) is 2.26. The number of fused-ring (bicyclic) bond motifs is 2. The van der Waals surface area contributed by atoms with Crippen LogP contribution in [0.4, 0.5) is 0 Å². The third-order valence-corrected chi connectivity index (χ3v) is 3.27. The van der Waals surface area contributed by atoms with Gasteiger partial charge >= 0.3 is 0 Å². The van der Waals surface area contributed by atoms with Crippen LogP contribution in [-0.4, -0.2) is 49.1 Å². The normalized spacial score (nSPS) is 30.8. The fraction of sp³-hybridized carbons (Fsp3) is 1.00. The minimum Gasteiger partial charge on any atom is -0.303 e. The molecule has 2 unspecified atom stereocenters. The maximum absolute atomic E-state index is 2.59. The summed E-state index contributed by atoms with van der Waals surface area (Å²) in [7, 11) is 4.54. The molecule has 2 aliphatic heterocycles. The monoisotopic (exact) mass is 214 g/mol. The number of piperidine rings is 1. The zero-order chi connectivity index (χ0) is 11.8. The van der Waals surface area contributed by atoms with Gasteiger partial charge < -0.3 is 4.90 Å². The third-order valence-electron chi connectivity index (χ3n) is 3.27. The van der Waals surface area contributed by atoms with Gasteiger partial charge in [0.25, 0.3) is 0 Å². The lowest BCUT2D eigenvalue weighted by molar-refractivity contribution is 0.0217. The molecule has 2 bridgehead atoms. The summed E-state index contributed by atoms with van der Waals surface area (Å²) in [5.74, 6) is 0. The van der Waals surface area contributed by atoms with Crippen molar-refractivity contribution in [2.24, 2.45) is 0 Å². The highest BCUT2D eigenvalue weighted by atomic mass is 15.3. The topological polar surface area (TPSA) is 6.48 Å². The summed E-state index contributed by atoms with van der Waals surface area (Å²) >= 11 is 0. The molecule has 0 N–H and O–H groups in total. The molecule has 2 fully saturated rings. The third kappa shape index (κ3) is 4.12. The van der Waals surface area contributed by atoms with Crippen molar-refractivity contribution >= 4 is 0 Å². The summed E-state index contributed by atoms with van der Waals surface area (Å²) in [6.07, 6.45) is 4.28. The van der Waals surface area contributed by atoms with Crippen LogP contribution in [0.3, 0.4) is 0 Å². The Labute approximate surface area is 96.6 Å². The SMILES string of the molecule is CC.CC.CN1CC2CCCC(C1)N2C. The molecule has 2 rings (SSSR count). The van der Waals surface area contributed by atoms with Gasteiger partial charge in [0.1, 0.15) is 0 Å². The number of hydrogen-bond acceptors (Lipinski definition) is 2. The van der Waals surface area contributed by atoms with Crippen molar-refractivity contribution in [1.29, 1.82) is 0 Å². The Hall–Kier alpha value is -0.0800. The first-order valence-corrected chi connectivity index (χ1v) is 6.68. The summed E-state index contributed by atoms with van der Waals surface area (Å²) < 4.78 is 0. The molecule has 0 aromatic carbocycles. The van der Waals surface area contributed by atoms with E-state index in [-0.39, 0.29) is 0 Å². The van der Waals surface area contributed by atoms with E-state index in [1.54, 1.807) is 0 Å². The van der Waals surface area contributed by atoms with Gasteiger partial charge in [0.15, 0.2) is 0 Å². The van der Waals surface area contributed by atoms with Crippen LogP contribution in [0.2, 0.25) is 0 Å². The van der Waals surface area contributed by atoms with E-state index in [4.69, 9.17) is 0 Å². The molecule has 2 nitrogen and oxygen atoms in total. The number of hydrogen-bond donors (Lipinski definition) is 0. The van der Waals surface area contributed by atoms with Crippen molar-refractivity contribution in [2.45, 2.75) is 59.0 Å². The molecular formula is C13H30N2. The van der Waals surface area contributed by atoms with Crippen LogP contribution in [0.5, 0.6) is 0 Å². The summed E-state index contributed by atoms with van der Waals surface area (Å²) in [5, 5.41) is 0. The lowest BCUT2D eigenvalue weighted by Gasteiger charge is -2.47. The van der Waals surface area contributed by atoms with Crippen LogP contribution in [0, 0.1) is 0 Å². The molecule has 15 heavy (non-hydrogen) atoms. The molecule has 2 atom stereocenters. The van der Waals surface area contributed by atoms with Gasteiger partial charge in [-0.2, -0.15) is 0 Å². The number of piperazine rings is 1. The van der Waals surface area contributed by atoms with E-state index in [9.17, 15) is 0 Å². The molecule has 0 spiro atoms. The van der Waals surface area contributed by atoms with Crippen molar-refractivity contribution < 1.29 is 0 Å². The van der Waals surface area contributed by atoms with Crippen molar-refractivity contribution in [1.82, 2.24) is 9.80 Å². The lowest BCUT2D eigenvalue weighted by atomic mass is 9.92. The fourth-order valence-electron chi connectivity index (χ4n) is 2.53. The highest BCUT2D eigenvalue weighted by Crippen LogP contribution is 2.25. The Kier molecular flexibility index (Phi) is 8.07. The van der Waals surface area contributed by atoms with Crippen molar-refractivity contribution in [2.75, 3.05) is 27.2 Å². The molecule has 0 aliphatic carbocycles. The number of nitrogens with zero attached hydrogens (tertiary/aromatic N) is 2. The number of likely N-dealkylation sites (tertiary alicyclic amines) is 1. The van der Waals surface area contributed by atoms with Crippen LogP contribution in [0.15, 0.2) is 0 Å². The van der Waals surface area contributed by atoms with Gasteiger partial charge in [-0.3, -0.25) is 4.90 Å². The Morgan fingerprint density at radius 1 is 0.800 bits per heavy atom. The van der Waals surface area contributed by atoms with Gasteiger partial charge in [-0.15, -0.1) is 0 Å². The zero-order valence-electron chi connectivity index (χ0n) is 11.6. The second-order valence-electron chi connectivity index (χ2n) is 4.13. The predicted octanol–water partition coefficient (Wildman–Crippen LogP) is 2.84. The van der Waals surface area contributed by atoms with Crippen LogP contribution in [0.25, 0.3) is 0 Å². The van der Waals surface area contributed by atoms with Gasteiger partial charge in [0.2, 0.25) is 0 Å². The summed E-state index contributed by atoms with van der Waals surface area (Å²) in [6.45, 7) is 10.6. The first-order valence-electron chi connectivity index (χ1n) is 6.68. The van der Waals surface area contributed by atoms with Crippen LogP contribution < -0.4 is 0 Å². The quantitative estimate of drug-likeness (QED) is 0.612. The predicted molar refractivity (Wildman–Crippen MR) is 69.4 cm³/mol. The second kappa shape index (κ2) is 8.12. The molecular weight excluding hydrogens is 184 g/mol. The maximum Gasteiger partial charge on any atom is 0.0223 e. The summed E-state index contributed by atoms with van der Waals surface area (Å²) in [6, 6.07) is 1.71. The molecule has 2 heteroatoms. The highest BCUT2D eigenvalue weighted by Gasteiger charge is 2.32. The lowest BCUT2D eigenvalue weighted by Crippen LogP contribution is -2.58. The minimum atomic E-state index is 0.854. The van der Waals surface area contributed by atoms with Gasteiger partial charge in [0.05, 0.1) is 0 Å². The second-order valence-corrected chi connectivity index (χ2v) is 4.13. The zero-order valence-corrected chi connectivity index (χ0v) is 11.6. The summed E-state index contributed by atoms with van der Waals surface area (Å²) in [5.41, 5.74) is 0. The first-order chi connectivity index (χ1) is 7.27. The van der Waals surface area contributed by atoms with Crippen LogP contribution >= 0.6 is 0 Å². The van der Waals surface area contributed by atoms with Crippen molar-refractivity contribution in [3.05, 3.63) is 0 Å². The molecule has 0 aromatic heterocycles. The Bertz CT molecular complexity index is 133. The van der Waals surface area contributed by atoms with Crippen LogP contribution in [-0.2, 0) is 0 Å². The van der Waals surface area contributed by atoms with Crippen LogP contribution in [0.1, 0.15) is 47.0 Å². The molecule has 2 saturated heterocycles. The first kappa shape index (κ1) is 14.9. The minimum absolute atomic E-state index is 0.854. The molecule has 0 aromatic rings. The standard InChI is InChI=1S/C9H18N2.2C2H6/c1-10-6-8-4-3-5-9(7-10)11(8)2;2*1-2/h8-9H,3-7H2,1-2H3;2*1-2H3. The van der Waals surface area contributed by atoms with E-state index in [1.807, 2.05) is 27.7 Å². The molecule has 92 valence electrons. The van der Waals surface area contributed by atoms with E-state index >= 15 is 0 Å². The maximum atomic E-state index is 2.59. The van der Waals surface area contributed by atoms with E-state index in [0.717, 1.165) is 12.1 Å². The molecule has 2 heterocycles. The molecule has 2 aliphatic rings. The van der Waals surface area contributed by atoms with E-state index in [2.05, 4.69) is 23.9 Å². The number of rotatable bonds is 0. The van der Waals surface area contributed by atoms with Crippen molar-refractivity contribution in [3.8, 4) is 0 Å². The molecule has 0 amide bonds. The van der Waals surface area contributed by atoms with Gasteiger partial charge in [-0.25, -0.2) is 0 Å². The smallest absolute Gasteiger partial charge is 0.0223 e.